The number of imidazole rings is 1. The van der Waals surface area contributed by atoms with E-state index >= 15 is 0 Å². The van der Waals surface area contributed by atoms with Crippen LogP contribution in [0.4, 0.5) is 0 Å². The molecule has 0 aliphatic rings. The summed E-state index contributed by atoms with van der Waals surface area (Å²) in [6.45, 7) is 0.827. The number of aliphatic hydroxyl groups excluding tert-OH is 1. The van der Waals surface area contributed by atoms with Crippen LogP contribution in [0.25, 0.3) is 5.65 Å². The lowest BCUT2D eigenvalue weighted by molar-refractivity contribution is 0.180. The molecule has 0 aliphatic carbocycles. The third-order valence-electron chi connectivity index (χ3n) is 3.70. The van der Waals surface area contributed by atoms with Crippen molar-refractivity contribution < 1.29 is 5.11 Å². The molecule has 3 aromatic rings. The van der Waals surface area contributed by atoms with Gasteiger partial charge in [-0.05, 0) is 12.1 Å². The van der Waals surface area contributed by atoms with Crippen LogP contribution in [0, 0.1) is 0 Å². The predicted molar refractivity (Wildman–Crippen MR) is 96.6 cm³/mol. The summed E-state index contributed by atoms with van der Waals surface area (Å²) in [5.74, 6) is 0.582. The molecule has 0 bridgehead atoms. The summed E-state index contributed by atoms with van der Waals surface area (Å²) in [5.41, 5.74) is 2.44. The summed E-state index contributed by atoms with van der Waals surface area (Å²) in [6.07, 6.45) is 6.48. The summed E-state index contributed by atoms with van der Waals surface area (Å²) in [4.78, 5) is 8.65. The maximum absolute atomic E-state index is 10.2. The lowest BCUT2D eigenvalue weighted by atomic mass is 10.2. The molecule has 1 atom stereocenters. The highest BCUT2D eigenvalue weighted by molar-refractivity contribution is 6.30. The number of guanidine groups is 1. The molecule has 1 unspecified atom stereocenters. The maximum atomic E-state index is 10.2. The van der Waals surface area contributed by atoms with Crippen LogP contribution in [0.5, 0.6) is 0 Å². The Labute approximate surface area is 150 Å². The van der Waals surface area contributed by atoms with Crippen molar-refractivity contribution in [3.63, 3.8) is 0 Å². The monoisotopic (exact) mass is 361 g/mol. The number of nitrogens with one attached hydrogen (secondary N) is 2. The Morgan fingerprint density at radius 3 is 2.88 bits per heavy atom. The number of hydrogen-bond acceptors (Lipinski definition) is 4. The van der Waals surface area contributed by atoms with Crippen LogP contribution in [0.15, 0.2) is 41.9 Å². The summed E-state index contributed by atoms with van der Waals surface area (Å²) < 4.78 is 3.53. The molecule has 0 fully saturated rings. The van der Waals surface area contributed by atoms with Crippen molar-refractivity contribution in [2.24, 2.45) is 12.0 Å². The lowest BCUT2D eigenvalue weighted by Crippen LogP contribution is -2.39. The zero-order valence-electron chi connectivity index (χ0n) is 14.0. The third-order valence-corrected chi connectivity index (χ3v) is 3.92. The first-order chi connectivity index (χ1) is 12.0. The van der Waals surface area contributed by atoms with E-state index < -0.39 is 6.10 Å². The normalized spacial score (nSPS) is 13.2. The van der Waals surface area contributed by atoms with Crippen LogP contribution in [0.1, 0.15) is 17.4 Å². The van der Waals surface area contributed by atoms with Gasteiger partial charge in [0.1, 0.15) is 5.65 Å². The Morgan fingerprint density at radius 1 is 1.32 bits per heavy atom. The number of hydrogen-bond donors (Lipinski definition) is 3. The van der Waals surface area contributed by atoms with E-state index in [-0.39, 0.29) is 0 Å². The van der Waals surface area contributed by atoms with Gasteiger partial charge in [0.2, 0.25) is 0 Å². The number of aliphatic imine (C=N–C) groups is 1. The molecule has 0 aromatic carbocycles. The molecule has 0 radical (unpaired) electrons. The fourth-order valence-corrected chi connectivity index (χ4v) is 2.59. The van der Waals surface area contributed by atoms with Gasteiger partial charge in [-0.3, -0.25) is 9.67 Å². The lowest BCUT2D eigenvalue weighted by Gasteiger charge is -2.14. The van der Waals surface area contributed by atoms with Gasteiger partial charge in [0.05, 0.1) is 29.6 Å². The quantitative estimate of drug-likeness (QED) is 0.468. The van der Waals surface area contributed by atoms with Crippen LogP contribution >= 0.6 is 11.6 Å². The molecule has 3 aromatic heterocycles. The molecule has 0 saturated carbocycles. The minimum Gasteiger partial charge on any atom is -0.386 e. The number of aliphatic hydroxyl groups is 1. The molecule has 3 N–H and O–H groups in total. The molecule has 0 saturated heterocycles. The Hall–Kier alpha value is -2.58. The van der Waals surface area contributed by atoms with Crippen molar-refractivity contribution >= 4 is 23.2 Å². The third kappa shape index (κ3) is 4.28. The van der Waals surface area contributed by atoms with Crippen molar-refractivity contribution in [3.8, 4) is 0 Å². The number of pyridine rings is 1. The van der Waals surface area contributed by atoms with E-state index in [1.54, 1.807) is 30.2 Å². The largest absolute Gasteiger partial charge is 0.386 e. The van der Waals surface area contributed by atoms with Gasteiger partial charge in [0, 0.05) is 44.8 Å². The van der Waals surface area contributed by atoms with Gasteiger partial charge in [0.25, 0.3) is 0 Å². The zero-order valence-corrected chi connectivity index (χ0v) is 14.8. The van der Waals surface area contributed by atoms with Crippen molar-refractivity contribution in [2.45, 2.75) is 12.6 Å². The molecular formula is C16H20ClN7O. The van der Waals surface area contributed by atoms with Crippen LogP contribution in [-0.4, -0.2) is 43.8 Å². The molecule has 0 amide bonds. The minimum atomic E-state index is -0.662. The summed E-state index contributed by atoms with van der Waals surface area (Å²) in [6, 6.07) is 3.67. The van der Waals surface area contributed by atoms with Crippen LogP contribution < -0.4 is 10.6 Å². The van der Waals surface area contributed by atoms with E-state index in [0.29, 0.717) is 24.1 Å². The molecule has 8 nitrogen and oxygen atoms in total. The SMILES string of the molecule is CN=C(NCc1cn2cc(Cl)ccc2n1)NCC(O)c1cnn(C)c1. The van der Waals surface area contributed by atoms with Crippen molar-refractivity contribution in [1.82, 2.24) is 29.8 Å². The number of nitrogens with zero attached hydrogens (tertiary/aromatic N) is 5. The molecule has 132 valence electrons. The highest BCUT2D eigenvalue weighted by atomic mass is 35.5. The minimum absolute atomic E-state index is 0.326. The topological polar surface area (TPSA) is 91.8 Å². The number of rotatable bonds is 5. The van der Waals surface area contributed by atoms with Crippen LogP contribution in [0.2, 0.25) is 5.02 Å². The first-order valence-corrected chi connectivity index (χ1v) is 8.17. The van der Waals surface area contributed by atoms with Crippen molar-refractivity contribution in [3.05, 3.63) is 53.2 Å². The molecular weight excluding hydrogens is 342 g/mol. The van der Waals surface area contributed by atoms with Gasteiger partial charge in [0.15, 0.2) is 5.96 Å². The predicted octanol–water partition coefficient (Wildman–Crippen LogP) is 1.12. The molecule has 3 rings (SSSR count). The van der Waals surface area contributed by atoms with Crippen molar-refractivity contribution in [1.29, 1.82) is 0 Å². The number of halogens is 1. The molecule has 3 heterocycles. The van der Waals surface area contributed by atoms with Gasteiger partial charge in [-0.1, -0.05) is 11.6 Å². The van der Waals surface area contributed by atoms with Gasteiger partial charge >= 0.3 is 0 Å². The summed E-state index contributed by atoms with van der Waals surface area (Å²) in [5, 5.41) is 21.1. The fourth-order valence-electron chi connectivity index (χ4n) is 2.42. The second-order valence-electron chi connectivity index (χ2n) is 5.61. The number of aromatic nitrogens is 4. The van der Waals surface area contributed by atoms with Crippen LogP contribution in [0.3, 0.4) is 0 Å². The summed E-state index contributed by atoms with van der Waals surface area (Å²) in [7, 11) is 3.49. The molecule has 25 heavy (non-hydrogen) atoms. The Kier molecular flexibility index (Phi) is 5.20. The maximum Gasteiger partial charge on any atom is 0.191 e. The highest BCUT2D eigenvalue weighted by Crippen LogP contribution is 2.12. The van der Waals surface area contributed by atoms with Gasteiger partial charge in [-0.25, -0.2) is 4.98 Å². The standard InChI is InChI=1S/C16H20ClN7O/c1-18-16(20-7-14(25)11-5-21-23(2)8-11)19-6-13-10-24-9-12(17)3-4-15(24)22-13/h3-5,8-10,14,25H,6-7H2,1-2H3,(H2,18,19,20). The van der Waals surface area contributed by atoms with E-state index in [1.165, 1.54) is 0 Å². The Balaban J connectivity index is 1.55. The fraction of sp³-hybridized carbons (Fsp3) is 0.312. The van der Waals surface area contributed by atoms with E-state index in [9.17, 15) is 5.11 Å². The van der Waals surface area contributed by atoms with E-state index in [0.717, 1.165) is 16.9 Å². The average molecular weight is 362 g/mol. The van der Waals surface area contributed by atoms with E-state index in [2.05, 4.69) is 25.7 Å². The number of aryl methyl sites for hydroxylation is 1. The first-order valence-electron chi connectivity index (χ1n) is 7.79. The summed E-state index contributed by atoms with van der Waals surface area (Å²) >= 11 is 5.98. The molecule has 0 aliphatic heterocycles. The molecule has 0 spiro atoms. The zero-order chi connectivity index (χ0) is 17.8. The number of fused-ring (bicyclic) bond motifs is 1. The van der Waals surface area contributed by atoms with E-state index in [1.807, 2.05) is 29.9 Å². The first kappa shape index (κ1) is 17.2. The molecule has 9 heteroatoms. The highest BCUT2D eigenvalue weighted by Gasteiger charge is 2.10. The van der Waals surface area contributed by atoms with E-state index in [4.69, 9.17) is 11.6 Å². The second kappa shape index (κ2) is 7.54. The smallest absolute Gasteiger partial charge is 0.191 e. The van der Waals surface area contributed by atoms with Gasteiger partial charge in [-0.15, -0.1) is 0 Å². The average Bonchev–Trinajstić information content (AvgIpc) is 3.20. The Morgan fingerprint density at radius 2 is 2.16 bits per heavy atom. The Bertz CT molecular complexity index is 886. The van der Waals surface area contributed by atoms with Gasteiger partial charge in [-0.2, -0.15) is 5.10 Å². The van der Waals surface area contributed by atoms with Crippen molar-refractivity contribution in [2.75, 3.05) is 13.6 Å². The van der Waals surface area contributed by atoms with Crippen LogP contribution in [-0.2, 0) is 13.6 Å². The van der Waals surface area contributed by atoms with Gasteiger partial charge < -0.3 is 20.1 Å². The second-order valence-corrected chi connectivity index (χ2v) is 6.05.